The van der Waals surface area contributed by atoms with Gasteiger partial charge in [-0.25, -0.2) is 4.90 Å². The molecule has 1 atom stereocenters. The third-order valence-corrected chi connectivity index (χ3v) is 5.48. The van der Waals surface area contributed by atoms with Gasteiger partial charge in [0.05, 0.1) is 18.2 Å². The maximum absolute atomic E-state index is 12.8. The van der Waals surface area contributed by atoms with E-state index in [0.717, 1.165) is 34.9 Å². The van der Waals surface area contributed by atoms with Gasteiger partial charge in [-0.1, -0.05) is 28.8 Å². The highest BCUT2D eigenvalue weighted by molar-refractivity contribution is 9.11. The predicted octanol–water partition coefficient (Wildman–Crippen LogP) is 3.72. The third-order valence-electron chi connectivity index (χ3n) is 4.35. The Labute approximate surface area is 147 Å². The van der Waals surface area contributed by atoms with E-state index in [1.165, 1.54) is 17.7 Å². The summed E-state index contributed by atoms with van der Waals surface area (Å²) in [6, 6.07) is 5.21. The molecular formula is C16H18Br2N2O2. The summed E-state index contributed by atoms with van der Waals surface area (Å²) in [5, 5.41) is 0. The van der Waals surface area contributed by atoms with E-state index in [4.69, 9.17) is 0 Å². The van der Waals surface area contributed by atoms with Crippen LogP contribution in [0.1, 0.15) is 32.1 Å². The zero-order valence-electron chi connectivity index (χ0n) is 12.2. The number of benzene rings is 1. The smallest absolute Gasteiger partial charge is 0.251 e. The van der Waals surface area contributed by atoms with E-state index in [-0.39, 0.29) is 17.9 Å². The van der Waals surface area contributed by atoms with Crippen LogP contribution in [0.3, 0.4) is 0 Å². The molecule has 0 N–H and O–H groups in total. The molecule has 2 amide bonds. The minimum absolute atomic E-state index is 0.0880. The number of halogens is 2. The van der Waals surface area contributed by atoms with E-state index in [2.05, 4.69) is 36.8 Å². The minimum atomic E-state index is -0.291. The quantitative estimate of drug-likeness (QED) is 0.672. The molecule has 4 nitrogen and oxygen atoms in total. The number of hydrogen-bond donors (Lipinski definition) is 0. The first-order valence-electron chi connectivity index (χ1n) is 7.64. The van der Waals surface area contributed by atoms with Crippen LogP contribution in [0.2, 0.25) is 0 Å². The van der Waals surface area contributed by atoms with Crippen molar-refractivity contribution < 1.29 is 9.59 Å². The van der Waals surface area contributed by atoms with E-state index in [1.807, 2.05) is 12.1 Å². The molecule has 1 aromatic rings. The van der Waals surface area contributed by atoms with E-state index in [0.29, 0.717) is 12.1 Å². The molecule has 2 saturated heterocycles. The van der Waals surface area contributed by atoms with Crippen LogP contribution in [0.5, 0.6) is 0 Å². The van der Waals surface area contributed by atoms with Crippen LogP contribution in [0, 0.1) is 0 Å². The van der Waals surface area contributed by atoms with E-state index in [9.17, 15) is 9.59 Å². The van der Waals surface area contributed by atoms with Crippen molar-refractivity contribution in [3.05, 3.63) is 27.1 Å². The number of amides is 2. The average molecular weight is 430 g/mol. The molecule has 1 aromatic carbocycles. The van der Waals surface area contributed by atoms with Crippen molar-refractivity contribution >= 4 is 49.4 Å². The van der Waals surface area contributed by atoms with Gasteiger partial charge in [-0.15, -0.1) is 0 Å². The molecule has 2 aliphatic rings. The second-order valence-electron chi connectivity index (χ2n) is 5.83. The SMILES string of the molecule is O=C1C[C@H](N2CCCCCC2)C(=O)N1c1ccc(Br)cc1Br. The number of rotatable bonds is 2. The van der Waals surface area contributed by atoms with Gasteiger partial charge in [-0.05, 0) is 60.1 Å². The van der Waals surface area contributed by atoms with Crippen molar-refractivity contribution in [2.75, 3.05) is 18.0 Å². The lowest BCUT2D eigenvalue weighted by molar-refractivity contribution is -0.122. The largest absolute Gasteiger partial charge is 0.292 e. The summed E-state index contributed by atoms with van der Waals surface area (Å²) in [6.07, 6.45) is 4.95. The first-order valence-corrected chi connectivity index (χ1v) is 9.22. The number of imide groups is 1. The molecule has 118 valence electrons. The third kappa shape index (κ3) is 3.14. The fraction of sp³-hybridized carbons (Fsp3) is 0.500. The molecule has 0 radical (unpaired) electrons. The first kappa shape index (κ1) is 16.1. The van der Waals surface area contributed by atoms with E-state index >= 15 is 0 Å². The summed E-state index contributed by atoms with van der Waals surface area (Å²) in [7, 11) is 0. The normalized spacial score (nSPS) is 23.9. The number of carbonyl (C=O) groups excluding carboxylic acids is 2. The monoisotopic (exact) mass is 428 g/mol. The molecule has 0 aromatic heterocycles. The maximum atomic E-state index is 12.8. The zero-order chi connectivity index (χ0) is 15.7. The highest BCUT2D eigenvalue weighted by Gasteiger charge is 2.43. The predicted molar refractivity (Wildman–Crippen MR) is 92.8 cm³/mol. The average Bonchev–Trinajstić information content (AvgIpc) is 2.69. The fourth-order valence-electron chi connectivity index (χ4n) is 3.22. The Hall–Kier alpha value is -0.720. The zero-order valence-corrected chi connectivity index (χ0v) is 15.4. The molecule has 0 aliphatic carbocycles. The van der Waals surface area contributed by atoms with Gasteiger partial charge < -0.3 is 0 Å². The molecule has 2 fully saturated rings. The Morgan fingerprint density at radius 1 is 1.00 bits per heavy atom. The minimum Gasteiger partial charge on any atom is -0.292 e. The topological polar surface area (TPSA) is 40.6 Å². The molecule has 0 spiro atoms. The summed E-state index contributed by atoms with van der Waals surface area (Å²) < 4.78 is 1.66. The van der Waals surface area contributed by atoms with Crippen LogP contribution < -0.4 is 4.90 Å². The number of likely N-dealkylation sites (tertiary alicyclic amines) is 1. The standard InChI is InChI=1S/C16H18Br2N2O2/c17-11-5-6-13(12(18)9-11)20-15(21)10-14(16(20)22)19-7-3-1-2-4-8-19/h5-6,9,14H,1-4,7-8,10H2/t14-/m0/s1. The van der Waals surface area contributed by atoms with Crippen molar-refractivity contribution in [2.24, 2.45) is 0 Å². The highest BCUT2D eigenvalue weighted by atomic mass is 79.9. The fourth-order valence-corrected chi connectivity index (χ4v) is 4.45. The van der Waals surface area contributed by atoms with Crippen LogP contribution in [-0.2, 0) is 9.59 Å². The van der Waals surface area contributed by atoms with Crippen molar-refractivity contribution in [1.82, 2.24) is 4.90 Å². The Balaban J connectivity index is 1.84. The summed E-state index contributed by atoms with van der Waals surface area (Å²) >= 11 is 6.84. The maximum Gasteiger partial charge on any atom is 0.251 e. The second-order valence-corrected chi connectivity index (χ2v) is 7.60. The molecule has 2 heterocycles. The first-order chi connectivity index (χ1) is 10.6. The second kappa shape index (κ2) is 6.81. The van der Waals surface area contributed by atoms with Gasteiger partial charge in [0.2, 0.25) is 5.91 Å². The molecular weight excluding hydrogens is 412 g/mol. The van der Waals surface area contributed by atoms with E-state index in [1.54, 1.807) is 6.07 Å². The van der Waals surface area contributed by atoms with E-state index < -0.39 is 0 Å². The molecule has 22 heavy (non-hydrogen) atoms. The van der Waals surface area contributed by atoms with Gasteiger partial charge in [0.25, 0.3) is 5.91 Å². The summed E-state index contributed by atoms with van der Waals surface area (Å²) in [6.45, 7) is 1.83. The number of anilines is 1. The van der Waals surface area contributed by atoms with Crippen molar-refractivity contribution in [1.29, 1.82) is 0 Å². The molecule has 2 aliphatic heterocycles. The molecule has 0 saturated carbocycles. The highest BCUT2D eigenvalue weighted by Crippen LogP contribution is 2.34. The van der Waals surface area contributed by atoms with Crippen LogP contribution >= 0.6 is 31.9 Å². The molecule has 0 unspecified atom stereocenters. The Kier molecular flexibility index (Phi) is 5.00. The lowest BCUT2D eigenvalue weighted by atomic mass is 10.2. The Morgan fingerprint density at radius 2 is 1.68 bits per heavy atom. The van der Waals surface area contributed by atoms with Gasteiger partial charge in [-0.3, -0.25) is 14.5 Å². The number of hydrogen-bond acceptors (Lipinski definition) is 3. The Morgan fingerprint density at radius 3 is 2.32 bits per heavy atom. The van der Waals surface area contributed by atoms with Crippen LogP contribution in [0.25, 0.3) is 0 Å². The van der Waals surface area contributed by atoms with Gasteiger partial charge in [0.1, 0.15) is 0 Å². The van der Waals surface area contributed by atoms with Gasteiger partial charge in [0.15, 0.2) is 0 Å². The number of carbonyl (C=O) groups is 2. The van der Waals surface area contributed by atoms with Crippen LogP contribution in [0.4, 0.5) is 5.69 Å². The molecule has 3 rings (SSSR count). The summed E-state index contributed by atoms with van der Waals surface area (Å²) in [5.74, 6) is -0.197. The van der Waals surface area contributed by atoms with Gasteiger partial charge >= 0.3 is 0 Å². The van der Waals surface area contributed by atoms with Crippen LogP contribution in [0.15, 0.2) is 27.1 Å². The Bertz CT molecular complexity index is 598. The summed E-state index contributed by atoms with van der Waals surface area (Å²) in [5.41, 5.74) is 0.635. The lowest BCUT2D eigenvalue weighted by Crippen LogP contribution is -2.42. The van der Waals surface area contributed by atoms with Gasteiger partial charge in [0, 0.05) is 8.95 Å². The lowest BCUT2D eigenvalue weighted by Gasteiger charge is -2.25. The van der Waals surface area contributed by atoms with Crippen molar-refractivity contribution in [2.45, 2.75) is 38.1 Å². The molecule has 6 heteroatoms. The van der Waals surface area contributed by atoms with Crippen molar-refractivity contribution in [3.8, 4) is 0 Å². The van der Waals surface area contributed by atoms with Gasteiger partial charge in [-0.2, -0.15) is 0 Å². The summed E-state index contributed by atoms with van der Waals surface area (Å²) in [4.78, 5) is 28.7. The number of nitrogens with zero attached hydrogens (tertiary/aromatic N) is 2. The van der Waals surface area contributed by atoms with Crippen LogP contribution in [-0.4, -0.2) is 35.8 Å². The molecule has 0 bridgehead atoms. The van der Waals surface area contributed by atoms with Crippen molar-refractivity contribution in [3.63, 3.8) is 0 Å².